The van der Waals surface area contributed by atoms with Crippen molar-refractivity contribution in [2.24, 2.45) is 5.92 Å². The van der Waals surface area contributed by atoms with Gasteiger partial charge >= 0.3 is 0 Å². The SMILES string of the molecule is COCC(NS(=O)(=O)c1ccccc1CO)C(C)C. The molecule has 0 saturated heterocycles. The Morgan fingerprint density at radius 2 is 1.95 bits per heavy atom. The van der Waals surface area contributed by atoms with E-state index >= 15 is 0 Å². The summed E-state index contributed by atoms with van der Waals surface area (Å²) < 4.78 is 32.3. The molecule has 6 heteroatoms. The summed E-state index contributed by atoms with van der Waals surface area (Å²) in [5.74, 6) is 0.107. The predicted molar refractivity (Wildman–Crippen MR) is 73.2 cm³/mol. The molecule has 0 radical (unpaired) electrons. The van der Waals surface area contributed by atoms with Crippen LogP contribution in [0.2, 0.25) is 0 Å². The summed E-state index contributed by atoms with van der Waals surface area (Å²) in [5, 5.41) is 9.21. The van der Waals surface area contributed by atoms with Gasteiger partial charge in [0.15, 0.2) is 0 Å². The summed E-state index contributed by atoms with van der Waals surface area (Å²) >= 11 is 0. The number of aliphatic hydroxyl groups is 1. The number of benzene rings is 1. The van der Waals surface area contributed by atoms with Crippen LogP contribution in [-0.2, 0) is 21.4 Å². The zero-order chi connectivity index (χ0) is 14.5. The van der Waals surface area contributed by atoms with Crippen LogP contribution in [0.5, 0.6) is 0 Å². The number of hydrogen-bond acceptors (Lipinski definition) is 4. The van der Waals surface area contributed by atoms with Crippen LogP contribution in [0.15, 0.2) is 29.2 Å². The van der Waals surface area contributed by atoms with Crippen molar-refractivity contribution in [1.29, 1.82) is 0 Å². The van der Waals surface area contributed by atoms with Crippen molar-refractivity contribution in [2.75, 3.05) is 13.7 Å². The quantitative estimate of drug-likeness (QED) is 0.788. The second kappa shape index (κ2) is 7.00. The maximum Gasteiger partial charge on any atom is 0.241 e. The van der Waals surface area contributed by atoms with Crippen molar-refractivity contribution < 1.29 is 18.3 Å². The molecular formula is C13H21NO4S. The van der Waals surface area contributed by atoms with Gasteiger partial charge in [0.2, 0.25) is 10.0 Å². The maximum absolute atomic E-state index is 12.3. The van der Waals surface area contributed by atoms with Gasteiger partial charge in [-0.25, -0.2) is 13.1 Å². The van der Waals surface area contributed by atoms with Crippen molar-refractivity contribution in [3.05, 3.63) is 29.8 Å². The monoisotopic (exact) mass is 287 g/mol. The molecule has 1 rings (SSSR count). The molecule has 0 heterocycles. The van der Waals surface area contributed by atoms with Crippen molar-refractivity contribution in [3.63, 3.8) is 0 Å². The van der Waals surface area contributed by atoms with E-state index in [1.807, 2.05) is 13.8 Å². The van der Waals surface area contributed by atoms with Crippen LogP contribution in [0.25, 0.3) is 0 Å². The molecule has 108 valence electrons. The average molecular weight is 287 g/mol. The van der Waals surface area contributed by atoms with E-state index in [1.54, 1.807) is 18.2 Å². The van der Waals surface area contributed by atoms with E-state index in [1.165, 1.54) is 13.2 Å². The molecule has 0 spiro atoms. The first kappa shape index (κ1) is 16.1. The summed E-state index contributed by atoms with van der Waals surface area (Å²) in [5.41, 5.74) is 0.384. The molecule has 0 amide bonds. The fraction of sp³-hybridized carbons (Fsp3) is 0.538. The standard InChI is InChI=1S/C13H21NO4S/c1-10(2)12(9-18-3)14-19(16,17)13-7-5-4-6-11(13)8-15/h4-7,10,12,14-15H,8-9H2,1-3H3. The second-order valence-electron chi connectivity index (χ2n) is 4.69. The fourth-order valence-electron chi connectivity index (χ4n) is 1.70. The number of methoxy groups -OCH3 is 1. The summed E-state index contributed by atoms with van der Waals surface area (Å²) in [4.78, 5) is 0.110. The Kier molecular flexibility index (Phi) is 5.93. The molecule has 1 atom stereocenters. The van der Waals surface area contributed by atoms with Crippen molar-refractivity contribution in [2.45, 2.75) is 31.4 Å². The molecule has 19 heavy (non-hydrogen) atoms. The first-order chi connectivity index (χ1) is 8.92. The number of nitrogens with one attached hydrogen (secondary N) is 1. The average Bonchev–Trinajstić information content (AvgIpc) is 2.38. The Morgan fingerprint density at radius 3 is 2.47 bits per heavy atom. The summed E-state index contributed by atoms with van der Waals surface area (Å²) in [6.07, 6.45) is 0. The smallest absolute Gasteiger partial charge is 0.241 e. The number of rotatable bonds is 7. The molecule has 0 aliphatic heterocycles. The van der Waals surface area contributed by atoms with Crippen LogP contribution < -0.4 is 4.72 Å². The summed E-state index contributed by atoms with van der Waals surface area (Å²) in [6, 6.07) is 6.10. The van der Waals surface area contributed by atoms with Gasteiger partial charge in [0.05, 0.1) is 18.1 Å². The highest BCUT2D eigenvalue weighted by Crippen LogP contribution is 2.17. The third-order valence-electron chi connectivity index (χ3n) is 2.89. The van der Waals surface area contributed by atoms with Gasteiger partial charge in [-0.15, -0.1) is 0 Å². The molecule has 2 N–H and O–H groups in total. The first-order valence-electron chi connectivity index (χ1n) is 6.12. The number of ether oxygens (including phenoxy) is 1. The summed E-state index contributed by atoms with van der Waals surface area (Å²) in [6.45, 7) is 3.83. The van der Waals surface area contributed by atoms with Crippen LogP contribution in [0, 0.1) is 5.92 Å². The minimum absolute atomic E-state index is 0.107. The van der Waals surface area contributed by atoms with Gasteiger partial charge in [0.25, 0.3) is 0 Å². The molecule has 0 aliphatic rings. The highest BCUT2D eigenvalue weighted by Gasteiger charge is 2.24. The predicted octanol–water partition coefficient (Wildman–Crippen LogP) is 1.13. The van der Waals surface area contributed by atoms with Gasteiger partial charge in [-0.2, -0.15) is 0 Å². The van der Waals surface area contributed by atoms with Gasteiger partial charge in [-0.05, 0) is 17.5 Å². The minimum Gasteiger partial charge on any atom is -0.392 e. The van der Waals surface area contributed by atoms with E-state index in [4.69, 9.17) is 4.74 Å². The Hall–Kier alpha value is -0.950. The largest absolute Gasteiger partial charge is 0.392 e. The molecule has 0 bridgehead atoms. The van der Waals surface area contributed by atoms with E-state index < -0.39 is 10.0 Å². The van der Waals surface area contributed by atoms with E-state index in [-0.39, 0.29) is 23.5 Å². The minimum atomic E-state index is -3.66. The van der Waals surface area contributed by atoms with Gasteiger partial charge in [0, 0.05) is 13.2 Å². The Bertz CT molecular complexity index is 499. The van der Waals surface area contributed by atoms with Crippen molar-refractivity contribution in [1.82, 2.24) is 4.72 Å². The van der Waals surface area contributed by atoms with Crippen molar-refractivity contribution in [3.8, 4) is 0 Å². The molecule has 0 fully saturated rings. The van der Waals surface area contributed by atoms with Crippen LogP contribution in [0.3, 0.4) is 0 Å². The van der Waals surface area contributed by atoms with Crippen LogP contribution in [0.1, 0.15) is 19.4 Å². The third-order valence-corrected chi connectivity index (χ3v) is 4.48. The molecule has 0 aromatic heterocycles. The van der Waals surface area contributed by atoms with Gasteiger partial charge in [0.1, 0.15) is 0 Å². The van der Waals surface area contributed by atoms with Crippen LogP contribution in [0.4, 0.5) is 0 Å². The zero-order valence-electron chi connectivity index (χ0n) is 11.5. The topological polar surface area (TPSA) is 75.6 Å². The highest BCUT2D eigenvalue weighted by molar-refractivity contribution is 7.89. The Labute approximate surface area is 114 Å². The van der Waals surface area contributed by atoms with Crippen LogP contribution >= 0.6 is 0 Å². The number of hydrogen-bond donors (Lipinski definition) is 2. The van der Waals surface area contributed by atoms with E-state index in [0.29, 0.717) is 12.2 Å². The maximum atomic E-state index is 12.3. The lowest BCUT2D eigenvalue weighted by Crippen LogP contribution is -2.41. The van der Waals surface area contributed by atoms with E-state index in [0.717, 1.165) is 0 Å². The summed E-state index contributed by atoms with van der Waals surface area (Å²) in [7, 11) is -2.13. The number of sulfonamides is 1. The Morgan fingerprint density at radius 1 is 1.32 bits per heavy atom. The molecule has 0 aliphatic carbocycles. The zero-order valence-corrected chi connectivity index (χ0v) is 12.3. The fourth-order valence-corrected chi connectivity index (χ4v) is 3.30. The normalized spacial score (nSPS) is 13.7. The molecule has 0 saturated carbocycles. The van der Waals surface area contributed by atoms with Gasteiger partial charge in [-0.3, -0.25) is 0 Å². The number of aliphatic hydroxyl groups excluding tert-OH is 1. The highest BCUT2D eigenvalue weighted by atomic mass is 32.2. The molecule has 1 aromatic rings. The van der Waals surface area contributed by atoms with E-state index in [2.05, 4.69) is 4.72 Å². The molecule has 5 nitrogen and oxygen atoms in total. The lowest BCUT2D eigenvalue weighted by atomic mass is 10.1. The van der Waals surface area contributed by atoms with Crippen LogP contribution in [-0.4, -0.2) is 33.3 Å². The first-order valence-corrected chi connectivity index (χ1v) is 7.60. The Balaban J connectivity index is 3.03. The van der Waals surface area contributed by atoms with Gasteiger partial charge in [-0.1, -0.05) is 32.0 Å². The lowest BCUT2D eigenvalue weighted by Gasteiger charge is -2.22. The van der Waals surface area contributed by atoms with Gasteiger partial charge < -0.3 is 9.84 Å². The lowest BCUT2D eigenvalue weighted by molar-refractivity contribution is 0.157. The molecular weight excluding hydrogens is 266 g/mol. The second-order valence-corrected chi connectivity index (χ2v) is 6.38. The third kappa shape index (κ3) is 4.28. The molecule has 1 aromatic carbocycles. The van der Waals surface area contributed by atoms with Crippen molar-refractivity contribution >= 4 is 10.0 Å². The van der Waals surface area contributed by atoms with E-state index in [9.17, 15) is 13.5 Å². The molecule has 1 unspecified atom stereocenters.